The minimum atomic E-state index is 0.531. The molecule has 46 heavy (non-hydrogen) atoms. The summed E-state index contributed by atoms with van der Waals surface area (Å²) in [5.74, 6) is 1.10. The second-order valence-corrected chi connectivity index (χ2v) is 12.8. The Morgan fingerprint density at radius 2 is 1.33 bits per heavy atom. The molecule has 2 rings (SSSR count). The summed E-state index contributed by atoms with van der Waals surface area (Å²) in [6.45, 7) is 20.3. The van der Waals surface area contributed by atoms with E-state index >= 15 is 0 Å². The molecule has 0 spiro atoms. The predicted molar refractivity (Wildman–Crippen MR) is 207 cm³/mol. The number of amides is 1. The van der Waals surface area contributed by atoms with Crippen LogP contribution in [0.25, 0.3) is 11.1 Å². The normalized spacial score (nSPS) is 11.4. The molecule has 0 aliphatic heterocycles. The molecule has 0 aromatic heterocycles. The van der Waals surface area contributed by atoms with Crippen LogP contribution < -0.4 is 5.32 Å². The van der Waals surface area contributed by atoms with E-state index in [0.29, 0.717) is 12.5 Å². The molecule has 0 fully saturated rings. The molecule has 0 saturated carbocycles. The average molecular weight is 634 g/mol. The standard InChI is InChI=1S/C33H50N2.C7H16.C2H5NO/c1-9-13-17-25(5)22-33(35(8)31(15-11-3)16-12-4)34-32-21-20-30(24-27(32)7)29-19-18-28(14-10-2)26(6)23-29;1-3-5-7-6-4-2;1-3-2-4/h18-24,31H,9-17H2,1-8H3;3-7H2,1-2H3;2H,1H3,(H,3,4)/b25-22+,34-33?;;. The van der Waals surface area contributed by atoms with Crippen LogP contribution in [-0.2, 0) is 11.2 Å². The Kier molecular flexibility index (Phi) is 25.5. The minimum Gasteiger partial charge on any atom is -0.362 e. The lowest BCUT2D eigenvalue weighted by molar-refractivity contribution is -0.109. The van der Waals surface area contributed by atoms with Gasteiger partial charge < -0.3 is 10.2 Å². The van der Waals surface area contributed by atoms with E-state index in [1.54, 1.807) is 7.05 Å². The first kappa shape index (κ1) is 43.1. The lowest BCUT2D eigenvalue weighted by Crippen LogP contribution is -2.36. The second-order valence-electron chi connectivity index (χ2n) is 12.8. The van der Waals surface area contributed by atoms with E-state index < -0.39 is 0 Å². The summed E-state index contributed by atoms with van der Waals surface area (Å²) in [5, 5.41) is 2.25. The number of nitrogens with one attached hydrogen (secondary N) is 1. The maximum absolute atomic E-state index is 9.06. The molecule has 1 N–H and O–H groups in total. The smallest absolute Gasteiger partial charge is 0.206 e. The van der Waals surface area contributed by atoms with E-state index in [2.05, 4.69) is 122 Å². The summed E-state index contributed by atoms with van der Waals surface area (Å²) in [7, 11) is 3.80. The van der Waals surface area contributed by atoms with Crippen molar-refractivity contribution < 1.29 is 4.79 Å². The average Bonchev–Trinajstić information content (AvgIpc) is 3.05. The number of carbonyl (C=O) groups is 1. The summed E-state index contributed by atoms with van der Waals surface area (Å²) in [4.78, 5) is 16.7. The molecule has 2 aromatic carbocycles. The Hall–Kier alpha value is -2.88. The number of likely N-dealkylation sites (N-methyl/N-ethyl adjacent to an activating group) is 1. The summed E-state index contributed by atoms with van der Waals surface area (Å²) in [6, 6.07) is 14.2. The highest BCUT2D eigenvalue weighted by atomic mass is 16.1. The van der Waals surface area contributed by atoms with Crippen LogP contribution in [-0.4, -0.2) is 37.3 Å². The van der Waals surface area contributed by atoms with Crippen molar-refractivity contribution in [3.05, 3.63) is 64.7 Å². The van der Waals surface area contributed by atoms with Crippen LogP contribution in [0.15, 0.2) is 53.0 Å². The summed E-state index contributed by atoms with van der Waals surface area (Å²) in [5.41, 5.74) is 9.12. The molecule has 0 radical (unpaired) electrons. The number of hydrogen-bond acceptors (Lipinski definition) is 2. The molecule has 4 heteroatoms. The monoisotopic (exact) mass is 634 g/mol. The number of allylic oxidation sites excluding steroid dienone is 1. The molecule has 0 bridgehead atoms. The maximum Gasteiger partial charge on any atom is 0.206 e. The Morgan fingerprint density at radius 3 is 1.78 bits per heavy atom. The molecule has 4 nitrogen and oxygen atoms in total. The lowest BCUT2D eigenvalue weighted by atomic mass is 9.96. The van der Waals surface area contributed by atoms with Gasteiger partial charge >= 0.3 is 0 Å². The second kappa shape index (κ2) is 27.3. The fourth-order valence-electron chi connectivity index (χ4n) is 5.53. The number of aliphatic imine (C=N–C) groups is 1. The first-order valence-electron chi connectivity index (χ1n) is 18.5. The van der Waals surface area contributed by atoms with Crippen molar-refractivity contribution in [3.8, 4) is 11.1 Å². The molecular weight excluding hydrogens is 562 g/mol. The van der Waals surface area contributed by atoms with E-state index in [4.69, 9.17) is 9.79 Å². The van der Waals surface area contributed by atoms with Crippen molar-refractivity contribution in [1.82, 2.24) is 10.2 Å². The molecule has 2 aromatic rings. The first-order chi connectivity index (χ1) is 22.2. The molecule has 0 aliphatic rings. The van der Waals surface area contributed by atoms with Crippen molar-refractivity contribution >= 4 is 17.9 Å². The van der Waals surface area contributed by atoms with Gasteiger partial charge in [-0.3, -0.25) is 4.79 Å². The van der Waals surface area contributed by atoms with Crippen LogP contribution in [0.5, 0.6) is 0 Å². The molecule has 0 aliphatic carbocycles. The van der Waals surface area contributed by atoms with Crippen molar-refractivity contribution in [2.45, 2.75) is 158 Å². The Balaban J connectivity index is 0.00000157. The zero-order chi connectivity index (χ0) is 34.7. The SMILES string of the molecule is CCCC/C(C)=C/C(=Nc1ccc(-c2ccc(CCC)c(C)c2)cc1C)N(C)C(CCC)CCC.CCCCCCC.CNC=O. The van der Waals surface area contributed by atoms with Crippen LogP contribution in [0.4, 0.5) is 5.69 Å². The van der Waals surface area contributed by atoms with Gasteiger partial charge in [0.2, 0.25) is 6.41 Å². The largest absolute Gasteiger partial charge is 0.362 e. The van der Waals surface area contributed by atoms with E-state index in [0.717, 1.165) is 24.4 Å². The third-order valence-electron chi connectivity index (χ3n) is 8.41. The van der Waals surface area contributed by atoms with Crippen molar-refractivity contribution in [2.24, 2.45) is 4.99 Å². The number of benzene rings is 2. The van der Waals surface area contributed by atoms with Crippen LogP contribution in [0.2, 0.25) is 0 Å². The van der Waals surface area contributed by atoms with E-state index in [1.165, 1.54) is 110 Å². The Morgan fingerprint density at radius 1 is 0.783 bits per heavy atom. The number of carbonyl (C=O) groups excluding carboxylic acids is 1. The third kappa shape index (κ3) is 17.7. The minimum absolute atomic E-state index is 0.531. The molecule has 260 valence electrons. The summed E-state index contributed by atoms with van der Waals surface area (Å²) < 4.78 is 0. The van der Waals surface area contributed by atoms with Crippen LogP contribution in [0, 0.1) is 13.8 Å². The molecular formula is C42H71N3O. The van der Waals surface area contributed by atoms with Gasteiger partial charge in [0.05, 0.1) is 5.69 Å². The number of amidine groups is 1. The van der Waals surface area contributed by atoms with Crippen LogP contribution >= 0.6 is 0 Å². The molecule has 0 atom stereocenters. The van der Waals surface area contributed by atoms with Crippen molar-refractivity contribution in [2.75, 3.05) is 14.1 Å². The van der Waals surface area contributed by atoms with Gasteiger partial charge in [-0.15, -0.1) is 0 Å². The Bertz CT molecular complexity index is 1120. The highest BCUT2D eigenvalue weighted by molar-refractivity contribution is 5.95. The highest BCUT2D eigenvalue weighted by Gasteiger charge is 2.17. The zero-order valence-electron chi connectivity index (χ0n) is 31.9. The first-order valence-corrected chi connectivity index (χ1v) is 18.5. The quantitative estimate of drug-likeness (QED) is 0.0768. The number of aryl methyl sites for hydroxylation is 3. The molecule has 0 saturated heterocycles. The lowest BCUT2D eigenvalue weighted by Gasteiger charge is -2.30. The summed E-state index contributed by atoms with van der Waals surface area (Å²) in [6.07, 6.45) is 20.7. The van der Waals surface area contributed by atoms with Gasteiger partial charge in [-0.1, -0.05) is 129 Å². The topological polar surface area (TPSA) is 44.7 Å². The predicted octanol–water partition coefficient (Wildman–Crippen LogP) is 12.3. The number of rotatable bonds is 18. The molecule has 1 amide bonds. The van der Waals surface area contributed by atoms with Gasteiger partial charge in [-0.25, -0.2) is 4.99 Å². The fourth-order valence-corrected chi connectivity index (χ4v) is 5.53. The number of nitrogens with zero attached hydrogens (tertiary/aromatic N) is 2. The van der Waals surface area contributed by atoms with E-state index in [1.807, 2.05) is 0 Å². The van der Waals surface area contributed by atoms with Gasteiger partial charge in [0.15, 0.2) is 0 Å². The van der Waals surface area contributed by atoms with Gasteiger partial charge in [0.25, 0.3) is 0 Å². The van der Waals surface area contributed by atoms with Gasteiger partial charge in [-0.2, -0.15) is 0 Å². The number of hydrogen-bond donors (Lipinski definition) is 1. The fraction of sp³-hybridized carbons (Fsp3) is 0.619. The zero-order valence-corrected chi connectivity index (χ0v) is 31.9. The van der Waals surface area contributed by atoms with Gasteiger partial charge in [-0.05, 0) is 98.9 Å². The molecule has 0 heterocycles. The number of unbranched alkanes of at least 4 members (excludes halogenated alkanes) is 5. The van der Waals surface area contributed by atoms with Gasteiger partial charge in [0, 0.05) is 20.1 Å². The molecule has 0 unspecified atom stereocenters. The van der Waals surface area contributed by atoms with E-state index in [-0.39, 0.29) is 0 Å². The summed E-state index contributed by atoms with van der Waals surface area (Å²) >= 11 is 0. The highest BCUT2D eigenvalue weighted by Crippen LogP contribution is 2.29. The van der Waals surface area contributed by atoms with Crippen molar-refractivity contribution in [3.63, 3.8) is 0 Å². The van der Waals surface area contributed by atoms with Gasteiger partial charge in [0.1, 0.15) is 5.84 Å². The third-order valence-corrected chi connectivity index (χ3v) is 8.41. The van der Waals surface area contributed by atoms with Crippen molar-refractivity contribution in [1.29, 1.82) is 0 Å². The van der Waals surface area contributed by atoms with E-state index in [9.17, 15) is 0 Å². The van der Waals surface area contributed by atoms with Crippen LogP contribution in [0.1, 0.15) is 149 Å². The van der Waals surface area contributed by atoms with Crippen LogP contribution in [0.3, 0.4) is 0 Å². The maximum atomic E-state index is 9.06. The Labute approximate surface area is 285 Å².